The molecule has 2 aromatic rings. The number of carbonyl (C=O) groups is 2. The fraction of sp³-hybridized carbons (Fsp3) is 0. The molecular formula is C12H9N3O4. The van der Waals surface area contributed by atoms with Gasteiger partial charge in [-0.15, -0.1) is 0 Å². The molecule has 0 saturated carbocycles. The molecule has 19 heavy (non-hydrogen) atoms. The van der Waals surface area contributed by atoms with Crippen molar-refractivity contribution in [2.45, 2.75) is 0 Å². The molecule has 0 saturated heterocycles. The van der Waals surface area contributed by atoms with Gasteiger partial charge in [0.15, 0.2) is 0 Å². The molecule has 0 unspecified atom stereocenters. The quantitative estimate of drug-likeness (QED) is 0.751. The Morgan fingerprint density at radius 2 is 2.00 bits per heavy atom. The summed E-state index contributed by atoms with van der Waals surface area (Å²) in [5.74, 6) is -1.92. The highest BCUT2D eigenvalue weighted by atomic mass is 16.4. The van der Waals surface area contributed by atoms with E-state index in [1.54, 1.807) is 0 Å². The van der Waals surface area contributed by atoms with Crippen molar-refractivity contribution in [3.8, 4) is 0 Å². The first-order chi connectivity index (χ1) is 9.08. The molecule has 0 aliphatic rings. The lowest BCUT2D eigenvalue weighted by Crippen LogP contribution is -2.20. The monoisotopic (exact) mass is 259 g/mol. The minimum Gasteiger partial charge on any atom is -0.478 e. The van der Waals surface area contributed by atoms with E-state index < -0.39 is 17.4 Å². The van der Waals surface area contributed by atoms with Crippen LogP contribution in [0, 0.1) is 0 Å². The van der Waals surface area contributed by atoms with E-state index in [4.69, 9.17) is 5.11 Å². The van der Waals surface area contributed by atoms with Crippen molar-refractivity contribution in [2.75, 3.05) is 5.32 Å². The summed E-state index contributed by atoms with van der Waals surface area (Å²) in [5.41, 5.74) is -0.532. The number of rotatable bonds is 3. The van der Waals surface area contributed by atoms with Crippen LogP contribution < -0.4 is 10.9 Å². The Bertz CT molecular complexity index is 693. The van der Waals surface area contributed by atoms with Gasteiger partial charge in [-0.2, -0.15) is 0 Å². The Morgan fingerprint density at radius 1 is 1.21 bits per heavy atom. The minimum absolute atomic E-state index is 0.0227. The van der Waals surface area contributed by atoms with Gasteiger partial charge in [-0.3, -0.25) is 9.59 Å². The van der Waals surface area contributed by atoms with Crippen LogP contribution >= 0.6 is 0 Å². The van der Waals surface area contributed by atoms with Gasteiger partial charge in [0, 0.05) is 12.3 Å². The number of carboxylic acids is 1. The van der Waals surface area contributed by atoms with Gasteiger partial charge in [0.1, 0.15) is 17.1 Å². The second-order valence-electron chi connectivity index (χ2n) is 3.59. The Hall–Kier alpha value is -2.96. The molecular weight excluding hydrogens is 250 g/mol. The molecule has 2 aromatic heterocycles. The van der Waals surface area contributed by atoms with Gasteiger partial charge in [0.05, 0.1) is 0 Å². The average molecular weight is 259 g/mol. The van der Waals surface area contributed by atoms with Gasteiger partial charge < -0.3 is 15.4 Å². The fourth-order valence-electron chi connectivity index (χ4n) is 1.43. The summed E-state index contributed by atoms with van der Waals surface area (Å²) < 4.78 is 0. The Kier molecular flexibility index (Phi) is 3.37. The molecule has 96 valence electrons. The maximum Gasteiger partial charge on any atom is 0.339 e. The molecule has 0 radical (unpaired) electrons. The van der Waals surface area contributed by atoms with Gasteiger partial charge in [0.2, 0.25) is 5.56 Å². The summed E-state index contributed by atoms with van der Waals surface area (Å²) in [6.07, 6.45) is 1.36. The number of aromatic nitrogens is 2. The molecule has 0 fully saturated rings. The molecule has 0 bridgehead atoms. The first-order valence-corrected chi connectivity index (χ1v) is 5.27. The molecule has 0 atom stereocenters. The summed E-state index contributed by atoms with van der Waals surface area (Å²) in [6, 6.07) is 6.85. The standard InChI is InChI=1S/C12H9N3O4/c16-9-5-1-4-8(14-9)11(17)15-10-7(12(18)19)3-2-6-13-10/h1-6H,(H,14,16)(H,18,19)(H,13,15,17). The largest absolute Gasteiger partial charge is 0.478 e. The van der Waals surface area contributed by atoms with Crippen LogP contribution in [0.3, 0.4) is 0 Å². The van der Waals surface area contributed by atoms with E-state index in [-0.39, 0.29) is 17.1 Å². The van der Waals surface area contributed by atoms with Gasteiger partial charge in [-0.1, -0.05) is 6.07 Å². The van der Waals surface area contributed by atoms with Crippen molar-refractivity contribution in [3.05, 3.63) is 58.1 Å². The number of carboxylic acid groups (broad SMARTS) is 1. The van der Waals surface area contributed by atoms with Crippen LogP contribution in [0.2, 0.25) is 0 Å². The molecule has 2 heterocycles. The topological polar surface area (TPSA) is 112 Å². The Balaban J connectivity index is 2.29. The minimum atomic E-state index is -1.20. The Labute approximate surface area is 106 Å². The molecule has 2 rings (SSSR count). The van der Waals surface area contributed by atoms with Crippen LogP contribution in [0.15, 0.2) is 41.3 Å². The average Bonchev–Trinajstić information content (AvgIpc) is 2.39. The van der Waals surface area contributed by atoms with Gasteiger partial charge in [-0.25, -0.2) is 9.78 Å². The van der Waals surface area contributed by atoms with E-state index in [0.717, 1.165) is 0 Å². The van der Waals surface area contributed by atoms with Crippen LogP contribution in [-0.2, 0) is 0 Å². The zero-order valence-corrected chi connectivity index (χ0v) is 9.58. The second kappa shape index (κ2) is 5.13. The predicted octanol–water partition coefficient (Wildman–Crippen LogP) is 0.720. The third-order valence-electron chi connectivity index (χ3n) is 2.28. The zero-order chi connectivity index (χ0) is 13.8. The zero-order valence-electron chi connectivity index (χ0n) is 9.58. The van der Waals surface area contributed by atoms with Gasteiger partial charge in [-0.05, 0) is 18.2 Å². The van der Waals surface area contributed by atoms with Crippen molar-refractivity contribution in [3.63, 3.8) is 0 Å². The van der Waals surface area contributed by atoms with E-state index in [1.807, 2.05) is 0 Å². The molecule has 7 nitrogen and oxygen atoms in total. The van der Waals surface area contributed by atoms with Crippen LogP contribution in [0.4, 0.5) is 5.82 Å². The summed E-state index contributed by atoms with van der Waals surface area (Å²) in [6.45, 7) is 0. The van der Waals surface area contributed by atoms with Crippen molar-refractivity contribution in [1.29, 1.82) is 0 Å². The van der Waals surface area contributed by atoms with Gasteiger partial charge in [0.25, 0.3) is 5.91 Å². The summed E-state index contributed by atoms with van der Waals surface area (Å²) >= 11 is 0. The van der Waals surface area contributed by atoms with Crippen LogP contribution in [0.5, 0.6) is 0 Å². The molecule has 1 amide bonds. The van der Waals surface area contributed by atoms with E-state index >= 15 is 0 Å². The number of carbonyl (C=O) groups excluding carboxylic acids is 1. The first kappa shape index (κ1) is 12.5. The maximum absolute atomic E-state index is 11.8. The highest BCUT2D eigenvalue weighted by Crippen LogP contribution is 2.11. The predicted molar refractivity (Wildman–Crippen MR) is 66.2 cm³/mol. The maximum atomic E-state index is 11.8. The number of hydrogen-bond donors (Lipinski definition) is 3. The number of aromatic amines is 1. The van der Waals surface area contributed by atoms with Gasteiger partial charge >= 0.3 is 5.97 Å². The lowest BCUT2D eigenvalue weighted by Gasteiger charge is -2.06. The fourth-order valence-corrected chi connectivity index (χ4v) is 1.43. The van der Waals surface area contributed by atoms with E-state index in [1.165, 1.54) is 36.5 Å². The number of nitrogens with zero attached hydrogens (tertiary/aromatic N) is 1. The molecule has 0 aromatic carbocycles. The third-order valence-corrected chi connectivity index (χ3v) is 2.28. The van der Waals surface area contributed by atoms with Crippen molar-refractivity contribution >= 4 is 17.7 Å². The molecule has 0 spiro atoms. The number of pyridine rings is 2. The SMILES string of the molecule is O=C(Nc1ncccc1C(=O)O)c1cccc(=O)[nH]1. The van der Waals surface area contributed by atoms with Crippen molar-refractivity contribution < 1.29 is 14.7 Å². The second-order valence-corrected chi connectivity index (χ2v) is 3.59. The summed E-state index contributed by atoms with van der Waals surface area (Å²) in [4.78, 5) is 40.0. The lowest BCUT2D eigenvalue weighted by atomic mass is 10.2. The summed E-state index contributed by atoms with van der Waals surface area (Å²) in [7, 11) is 0. The number of nitrogens with one attached hydrogen (secondary N) is 2. The Morgan fingerprint density at radius 3 is 2.68 bits per heavy atom. The third kappa shape index (κ3) is 2.83. The highest BCUT2D eigenvalue weighted by Gasteiger charge is 2.14. The molecule has 7 heteroatoms. The number of anilines is 1. The summed E-state index contributed by atoms with van der Waals surface area (Å²) in [5, 5.41) is 11.3. The molecule has 0 aliphatic heterocycles. The van der Waals surface area contributed by atoms with Crippen molar-refractivity contribution in [2.24, 2.45) is 0 Å². The number of hydrogen-bond acceptors (Lipinski definition) is 4. The number of aromatic carboxylic acids is 1. The first-order valence-electron chi connectivity index (χ1n) is 5.27. The van der Waals surface area contributed by atoms with Crippen LogP contribution in [-0.4, -0.2) is 27.0 Å². The smallest absolute Gasteiger partial charge is 0.339 e. The van der Waals surface area contributed by atoms with Crippen LogP contribution in [0.1, 0.15) is 20.8 Å². The van der Waals surface area contributed by atoms with Crippen molar-refractivity contribution in [1.82, 2.24) is 9.97 Å². The van der Waals surface area contributed by atoms with E-state index in [0.29, 0.717) is 0 Å². The van der Waals surface area contributed by atoms with E-state index in [9.17, 15) is 14.4 Å². The normalized spacial score (nSPS) is 9.89. The number of H-pyrrole nitrogens is 1. The molecule has 3 N–H and O–H groups in total. The molecule has 0 aliphatic carbocycles. The van der Waals surface area contributed by atoms with E-state index in [2.05, 4.69) is 15.3 Å². The lowest BCUT2D eigenvalue weighted by molar-refractivity contribution is 0.0697. The van der Waals surface area contributed by atoms with Crippen LogP contribution in [0.25, 0.3) is 0 Å². The number of amides is 1. The highest BCUT2D eigenvalue weighted by molar-refractivity contribution is 6.05.